The van der Waals surface area contributed by atoms with Crippen LogP contribution in [0.5, 0.6) is 0 Å². The van der Waals surface area contributed by atoms with Crippen molar-refractivity contribution in [2.45, 2.75) is 52.0 Å². The van der Waals surface area contributed by atoms with Crippen LogP contribution in [-0.2, 0) is 27.0 Å². The molecule has 0 aromatic heterocycles. The summed E-state index contributed by atoms with van der Waals surface area (Å²) < 4.78 is 0. The highest BCUT2D eigenvalue weighted by molar-refractivity contribution is 6.11. The first-order valence-electron chi connectivity index (χ1n) is 11.1. The molecule has 2 aliphatic rings. The normalized spacial score (nSPS) is 20.2. The van der Waals surface area contributed by atoms with E-state index in [1.54, 1.807) is 30.0 Å². The number of anilines is 1. The lowest BCUT2D eigenvalue weighted by Gasteiger charge is -2.25. The first-order chi connectivity index (χ1) is 15.4. The lowest BCUT2D eigenvalue weighted by atomic mass is 9.84. The number of amides is 4. The van der Waals surface area contributed by atoms with E-state index in [2.05, 4.69) is 26.1 Å². The van der Waals surface area contributed by atoms with Crippen molar-refractivity contribution in [1.29, 1.82) is 0 Å². The topological polar surface area (TPSA) is 86.8 Å². The van der Waals surface area contributed by atoms with Gasteiger partial charge in [-0.15, -0.1) is 0 Å². The summed E-state index contributed by atoms with van der Waals surface area (Å²) in [6.07, 6.45) is 0.625. The SMILES string of the molecule is CC(=O)c1ccc2c(c1)CCN2C(=O)CN1C(=O)NC(C)(c2ccc(C(C)(C)C)cc2)C1=O. The van der Waals surface area contributed by atoms with Gasteiger partial charge in [0.2, 0.25) is 5.91 Å². The monoisotopic (exact) mass is 447 g/mol. The number of Topliss-reactive ketones (excluding diaryl/α,β-unsaturated/α-hetero) is 1. The molecule has 1 saturated heterocycles. The molecule has 33 heavy (non-hydrogen) atoms. The van der Waals surface area contributed by atoms with E-state index in [4.69, 9.17) is 0 Å². The number of hydrogen-bond donors (Lipinski definition) is 1. The zero-order valence-corrected chi connectivity index (χ0v) is 19.7. The molecule has 4 rings (SSSR count). The molecule has 1 unspecified atom stereocenters. The molecule has 2 aliphatic heterocycles. The van der Waals surface area contributed by atoms with Crippen molar-refractivity contribution in [3.63, 3.8) is 0 Å². The third-order valence-corrected chi connectivity index (χ3v) is 6.58. The Morgan fingerprint density at radius 3 is 2.33 bits per heavy atom. The number of hydrogen-bond acceptors (Lipinski definition) is 4. The van der Waals surface area contributed by atoms with E-state index in [1.165, 1.54) is 6.92 Å². The number of rotatable bonds is 4. The minimum atomic E-state index is -1.23. The molecule has 1 fully saturated rings. The van der Waals surface area contributed by atoms with Crippen LogP contribution in [0.1, 0.15) is 61.7 Å². The number of fused-ring (bicyclic) bond motifs is 1. The molecule has 0 radical (unpaired) electrons. The smallest absolute Gasteiger partial charge is 0.319 e. The van der Waals surface area contributed by atoms with Crippen molar-refractivity contribution in [1.82, 2.24) is 10.2 Å². The van der Waals surface area contributed by atoms with Crippen molar-refractivity contribution in [2.24, 2.45) is 0 Å². The van der Waals surface area contributed by atoms with Crippen LogP contribution in [0.3, 0.4) is 0 Å². The number of urea groups is 1. The molecule has 2 aromatic rings. The van der Waals surface area contributed by atoms with Gasteiger partial charge in [-0.3, -0.25) is 19.3 Å². The molecular weight excluding hydrogens is 418 g/mol. The van der Waals surface area contributed by atoms with Crippen LogP contribution in [0.2, 0.25) is 0 Å². The molecular formula is C26H29N3O4. The maximum atomic E-state index is 13.3. The van der Waals surface area contributed by atoms with Crippen LogP contribution in [0.15, 0.2) is 42.5 Å². The number of benzene rings is 2. The fourth-order valence-corrected chi connectivity index (χ4v) is 4.44. The van der Waals surface area contributed by atoms with Gasteiger partial charge in [0.25, 0.3) is 5.91 Å². The maximum Gasteiger partial charge on any atom is 0.325 e. The molecule has 0 saturated carbocycles. The first-order valence-corrected chi connectivity index (χ1v) is 11.1. The van der Waals surface area contributed by atoms with Gasteiger partial charge in [-0.25, -0.2) is 4.79 Å². The van der Waals surface area contributed by atoms with Gasteiger partial charge in [0, 0.05) is 17.8 Å². The summed E-state index contributed by atoms with van der Waals surface area (Å²) in [6, 6.07) is 12.3. The second-order valence-corrected chi connectivity index (χ2v) is 9.97. The van der Waals surface area contributed by atoms with E-state index in [0.717, 1.165) is 21.7 Å². The molecule has 7 heteroatoms. The molecule has 172 valence electrons. The van der Waals surface area contributed by atoms with E-state index >= 15 is 0 Å². The van der Waals surface area contributed by atoms with Gasteiger partial charge in [0.1, 0.15) is 12.1 Å². The fourth-order valence-electron chi connectivity index (χ4n) is 4.44. The van der Waals surface area contributed by atoms with Gasteiger partial charge in [0.15, 0.2) is 5.78 Å². The largest absolute Gasteiger partial charge is 0.325 e. The molecule has 2 aromatic carbocycles. The van der Waals surface area contributed by atoms with Gasteiger partial charge in [0.05, 0.1) is 0 Å². The summed E-state index contributed by atoms with van der Waals surface area (Å²) >= 11 is 0. The number of imide groups is 1. The van der Waals surface area contributed by atoms with E-state index in [1.807, 2.05) is 24.3 Å². The van der Waals surface area contributed by atoms with Gasteiger partial charge in [-0.05, 0) is 60.6 Å². The Morgan fingerprint density at radius 2 is 1.73 bits per heavy atom. The lowest BCUT2D eigenvalue weighted by molar-refractivity contribution is -0.134. The van der Waals surface area contributed by atoms with E-state index < -0.39 is 17.5 Å². The van der Waals surface area contributed by atoms with Crippen LogP contribution in [0, 0.1) is 0 Å². The number of nitrogens with one attached hydrogen (secondary N) is 1. The summed E-state index contributed by atoms with van der Waals surface area (Å²) in [7, 11) is 0. The Hall–Kier alpha value is -3.48. The van der Waals surface area contributed by atoms with Crippen molar-refractivity contribution < 1.29 is 19.2 Å². The van der Waals surface area contributed by atoms with Gasteiger partial charge in [-0.1, -0.05) is 45.0 Å². The predicted octanol–water partition coefficient (Wildman–Crippen LogP) is 3.54. The average molecular weight is 448 g/mol. The summed E-state index contributed by atoms with van der Waals surface area (Å²) in [5.74, 6) is -0.812. The second kappa shape index (κ2) is 7.83. The Kier molecular flexibility index (Phi) is 5.39. The van der Waals surface area contributed by atoms with Gasteiger partial charge in [-0.2, -0.15) is 0 Å². The summed E-state index contributed by atoms with van der Waals surface area (Å²) in [4.78, 5) is 53.2. The number of ketones is 1. The Bertz CT molecular complexity index is 1160. The summed E-state index contributed by atoms with van der Waals surface area (Å²) in [6.45, 7) is 9.60. The lowest BCUT2D eigenvalue weighted by Crippen LogP contribution is -2.44. The van der Waals surface area contributed by atoms with E-state index in [0.29, 0.717) is 24.1 Å². The maximum absolute atomic E-state index is 13.3. The molecule has 0 aliphatic carbocycles. The molecule has 1 atom stereocenters. The highest BCUT2D eigenvalue weighted by Crippen LogP contribution is 2.33. The highest BCUT2D eigenvalue weighted by atomic mass is 16.2. The Morgan fingerprint density at radius 1 is 1.06 bits per heavy atom. The van der Waals surface area contributed by atoms with Crippen LogP contribution in [-0.4, -0.2) is 41.6 Å². The number of nitrogens with zero attached hydrogens (tertiary/aromatic N) is 2. The predicted molar refractivity (Wildman–Crippen MR) is 125 cm³/mol. The van der Waals surface area contributed by atoms with E-state index in [9.17, 15) is 19.2 Å². The molecule has 7 nitrogen and oxygen atoms in total. The van der Waals surface area contributed by atoms with Crippen LogP contribution < -0.4 is 10.2 Å². The summed E-state index contributed by atoms with van der Waals surface area (Å²) in [5.41, 5.74) is 2.77. The third kappa shape index (κ3) is 3.92. The first kappa shape index (κ1) is 22.7. The molecule has 1 N–H and O–H groups in total. The minimum absolute atomic E-state index is 0.0297. The van der Waals surface area contributed by atoms with Crippen LogP contribution in [0.4, 0.5) is 10.5 Å². The minimum Gasteiger partial charge on any atom is -0.319 e. The van der Waals surface area contributed by atoms with Gasteiger partial charge < -0.3 is 10.2 Å². The quantitative estimate of drug-likeness (QED) is 0.574. The Balaban J connectivity index is 1.52. The van der Waals surface area contributed by atoms with E-state index in [-0.39, 0.29) is 23.7 Å². The molecule has 0 spiro atoms. The highest BCUT2D eigenvalue weighted by Gasteiger charge is 2.50. The molecule has 4 amide bonds. The van der Waals surface area contributed by atoms with Crippen molar-refractivity contribution in [3.05, 3.63) is 64.7 Å². The fraction of sp³-hybridized carbons (Fsp3) is 0.385. The standard InChI is InChI=1S/C26H29N3O4/c1-16(30)17-6-11-21-18(14-17)12-13-28(21)22(31)15-29-23(32)26(5,27-24(29)33)20-9-7-19(8-10-20)25(2,3)4/h6-11,14H,12-13,15H2,1-5H3,(H,27,33). The Labute approximate surface area is 193 Å². The van der Waals surface area contributed by atoms with Crippen molar-refractivity contribution >= 4 is 29.3 Å². The third-order valence-electron chi connectivity index (χ3n) is 6.58. The van der Waals surface area contributed by atoms with Crippen molar-refractivity contribution in [2.75, 3.05) is 18.0 Å². The average Bonchev–Trinajstić information content (AvgIpc) is 3.27. The van der Waals surface area contributed by atoms with Gasteiger partial charge >= 0.3 is 6.03 Å². The van der Waals surface area contributed by atoms with Crippen molar-refractivity contribution in [3.8, 4) is 0 Å². The zero-order valence-electron chi connectivity index (χ0n) is 19.7. The molecule has 2 heterocycles. The van der Waals surface area contributed by atoms with Crippen LogP contribution in [0.25, 0.3) is 0 Å². The van der Waals surface area contributed by atoms with Crippen LogP contribution >= 0.6 is 0 Å². The number of carbonyl (C=O) groups is 4. The second-order valence-electron chi connectivity index (χ2n) is 9.97. The zero-order chi connectivity index (χ0) is 24.1. The number of carbonyl (C=O) groups excluding carboxylic acids is 4. The summed E-state index contributed by atoms with van der Waals surface area (Å²) in [5, 5.41) is 2.77. The molecule has 0 bridgehead atoms.